The molecule has 0 saturated carbocycles. The Labute approximate surface area is 130 Å². The molecule has 1 atom stereocenters. The molecule has 0 aliphatic heterocycles. The van der Waals surface area contributed by atoms with Gasteiger partial charge in [-0.15, -0.1) is 0 Å². The lowest BCUT2D eigenvalue weighted by Crippen LogP contribution is -2.48. The van der Waals surface area contributed by atoms with Gasteiger partial charge in [-0.2, -0.15) is 11.8 Å². The smallest absolute Gasteiger partial charge is 0.325 e. The number of likely N-dealkylation sites (N-methyl/N-ethyl adjacent to an activating group) is 1. The minimum Gasteiger partial charge on any atom is -0.468 e. The summed E-state index contributed by atoms with van der Waals surface area (Å²) in [5.41, 5.74) is 0.559. The summed E-state index contributed by atoms with van der Waals surface area (Å²) in [4.78, 5) is 11.7. The summed E-state index contributed by atoms with van der Waals surface area (Å²) >= 11 is 7.93. The third-order valence-electron chi connectivity index (χ3n) is 3.37. The molecule has 0 fully saturated rings. The molecule has 1 unspecified atom stereocenters. The lowest BCUT2D eigenvalue weighted by atomic mass is 9.97. The fraction of sp³-hybridized carbons (Fsp3) is 0.533. The Bertz CT molecular complexity index is 442. The average Bonchev–Trinajstić information content (AvgIpc) is 2.47. The number of carbonyl (C=O) groups is 1. The number of hydrogen-bond donors (Lipinski definition) is 1. The standard InChI is InChI=1S/C15H22ClNO2S/c1-15(17-2,14(18)19-3)9-6-10-20-11-12-7-4-5-8-13(12)16/h4-5,7-8,17H,6,9-11H2,1-3H3. The van der Waals surface area contributed by atoms with Crippen molar-refractivity contribution in [2.75, 3.05) is 19.9 Å². The Morgan fingerprint density at radius 3 is 2.75 bits per heavy atom. The fourth-order valence-corrected chi connectivity index (χ4v) is 3.13. The van der Waals surface area contributed by atoms with Crippen molar-refractivity contribution in [3.8, 4) is 0 Å². The summed E-state index contributed by atoms with van der Waals surface area (Å²) in [5.74, 6) is 1.67. The number of methoxy groups -OCH3 is 1. The topological polar surface area (TPSA) is 38.3 Å². The zero-order chi connectivity index (χ0) is 15.0. The van der Waals surface area contributed by atoms with Gasteiger partial charge in [-0.1, -0.05) is 29.8 Å². The van der Waals surface area contributed by atoms with Crippen LogP contribution in [-0.2, 0) is 15.3 Å². The number of rotatable bonds is 8. The van der Waals surface area contributed by atoms with Crippen LogP contribution in [0.25, 0.3) is 0 Å². The maximum absolute atomic E-state index is 11.7. The number of ether oxygens (including phenoxy) is 1. The quantitative estimate of drug-likeness (QED) is 0.588. The van der Waals surface area contributed by atoms with E-state index in [1.54, 1.807) is 7.05 Å². The number of benzene rings is 1. The van der Waals surface area contributed by atoms with Crippen LogP contribution in [0.15, 0.2) is 24.3 Å². The Hall–Kier alpha value is -0.710. The van der Waals surface area contributed by atoms with Gasteiger partial charge >= 0.3 is 5.97 Å². The van der Waals surface area contributed by atoms with Gasteiger partial charge in [-0.25, -0.2) is 0 Å². The van der Waals surface area contributed by atoms with Crippen molar-refractivity contribution in [2.24, 2.45) is 0 Å². The second kappa shape index (κ2) is 8.55. The molecular formula is C15H22ClNO2S. The minimum atomic E-state index is -0.598. The van der Waals surface area contributed by atoms with Crippen LogP contribution in [0, 0.1) is 0 Å². The van der Waals surface area contributed by atoms with E-state index in [-0.39, 0.29) is 5.97 Å². The summed E-state index contributed by atoms with van der Waals surface area (Å²) in [6.45, 7) is 1.87. The lowest BCUT2D eigenvalue weighted by molar-refractivity contribution is -0.148. The van der Waals surface area contributed by atoms with Gasteiger partial charge in [0.15, 0.2) is 0 Å². The number of nitrogens with one attached hydrogen (secondary N) is 1. The van der Waals surface area contributed by atoms with E-state index in [4.69, 9.17) is 16.3 Å². The predicted octanol–water partition coefficient (Wildman–Crippen LogP) is 3.50. The summed E-state index contributed by atoms with van der Waals surface area (Å²) in [6, 6.07) is 7.89. The summed E-state index contributed by atoms with van der Waals surface area (Å²) < 4.78 is 4.82. The van der Waals surface area contributed by atoms with Gasteiger partial charge in [0, 0.05) is 10.8 Å². The Morgan fingerprint density at radius 1 is 1.45 bits per heavy atom. The second-order valence-corrected chi connectivity index (χ2v) is 6.33. The molecule has 0 amide bonds. The van der Waals surface area contributed by atoms with Crippen molar-refractivity contribution in [3.05, 3.63) is 34.9 Å². The largest absolute Gasteiger partial charge is 0.468 e. The first-order valence-electron chi connectivity index (χ1n) is 6.62. The van der Waals surface area contributed by atoms with Gasteiger partial charge in [0.2, 0.25) is 0 Å². The van der Waals surface area contributed by atoms with Crippen LogP contribution in [0.1, 0.15) is 25.3 Å². The first-order chi connectivity index (χ1) is 9.53. The molecule has 1 aromatic rings. The third kappa shape index (κ3) is 5.00. The molecule has 3 nitrogen and oxygen atoms in total. The predicted molar refractivity (Wildman–Crippen MR) is 86.3 cm³/mol. The van der Waals surface area contributed by atoms with Gasteiger partial charge in [-0.05, 0) is 44.2 Å². The van der Waals surface area contributed by atoms with Gasteiger partial charge in [0.25, 0.3) is 0 Å². The zero-order valence-electron chi connectivity index (χ0n) is 12.2. The second-order valence-electron chi connectivity index (χ2n) is 4.82. The highest BCUT2D eigenvalue weighted by molar-refractivity contribution is 7.98. The Kier molecular flexibility index (Phi) is 7.41. The van der Waals surface area contributed by atoms with Crippen LogP contribution in [-0.4, -0.2) is 31.4 Å². The van der Waals surface area contributed by atoms with E-state index in [2.05, 4.69) is 5.32 Å². The number of hydrogen-bond acceptors (Lipinski definition) is 4. The van der Waals surface area contributed by atoms with Crippen molar-refractivity contribution in [1.29, 1.82) is 0 Å². The van der Waals surface area contributed by atoms with Gasteiger partial charge in [0.05, 0.1) is 7.11 Å². The maximum Gasteiger partial charge on any atom is 0.325 e. The number of thioether (sulfide) groups is 1. The van der Waals surface area contributed by atoms with Gasteiger partial charge < -0.3 is 10.1 Å². The van der Waals surface area contributed by atoms with Crippen LogP contribution in [0.2, 0.25) is 5.02 Å². The zero-order valence-corrected chi connectivity index (χ0v) is 13.8. The molecule has 112 valence electrons. The monoisotopic (exact) mass is 315 g/mol. The fourth-order valence-electron chi connectivity index (χ4n) is 1.88. The molecule has 1 N–H and O–H groups in total. The SMILES string of the molecule is CNC(C)(CCCSCc1ccccc1Cl)C(=O)OC. The van der Waals surface area contributed by atoms with Crippen molar-refractivity contribution in [2.45, 2.75) is 31.1 Å². The van der Waals surface area contributed by atoms with Crippen molar-refractivity contribution in [1.82, 2.24) is 5.32 Å². The molecule has 0 bridgehead atoms. The Morgan fingerprint density at radius 2 is 2.15 bits per heavy atom. The van der Waals surface area contributed by atoms with E-state index in [1.165, 1.54) is 7.11 Å². The molecule has 0 heterocycles. The van der Waals surface area contributed by atoms with Gasteiger partial charge in [-0.3, -0.25) is 4.79 Å². The summed E-state index contributed by atoms with van der Waals surface area (Å²) in [5, 5.41) is 3.86. The number of halogens is 1. The average molecular weight is 316 g/mol. The first kappa shape index (κ1) is 17.3. The molecule has 0 aliphatic carbocycles. The van der Waals surface area contributed by atoms with E-state index in [0.717, 1.165) is 34.9 Å². The molecule has 5 heteroatoms. The van der Waals surface area contributed by atoms with Crippen LogP contribution >= 0.6 is 23.4 Å². The van der Waals surface area contributed by atoms with E-state index in [9.17, 15) is 4.79 Å². The van der Waals surface area contributed by atoms with Crippen LogP contribution in [0.5, 0.6) is 0 Å². The van der Waals surface area contributed by atoms with E-state index in [1.807, 2.05) is 43.0 Å². The molecule has 1 rings (SSSR count). The third-order valence-corrected chi connectivity index (χ3v) is 4.83. The highest BCUT2D eigenvalue weighted by atomic mass is 35.5. The minimum absolute atomic E-state index is 0.212. The van der Waals surface area contributed by atoms with E-state index < -0.39 is 5.54 Å². The number of esters is 1. The van der Waals surface area contributed by atoms with Crippen molar-refractivity contribution >= 4 is 29.3 Å². The molecule has 0 aromatic heterocycles. The summed E-state index contributed by atoms with van der Waals surface area (Å²) in [7, 11) is 3.21. The molecule has 0 saturated heterocycles. The highest BCUT2D eigenvalue weighted by Gasteiger charge is 2.31. The van der Waals surface area contributed by atoms with Crippen LogP contribution in [0.3, 0.4) is 0 Å². The molecule has 0 spiro atoms. The van der Waals surface area contributed by atoms with Crippen molar-refractivity contribution in [3.63, 3.8) is 0 Å². The normalized spacial score (nSPS) is 13.8. The lowest BCUT2D eigenvalue weighted by Gasteiger charge is -2.25. The Balaban J connectivity index is 2.31. The highest BCUT2D eigenvalue weighted by Crippen LogP contribution is 2.22. The molecule has 1 aromatic carbocycles. The summed E-state index contributed by atoms with van der Waals surface area (Å²) in [6.07, 6.45) is 1.70. The van der Waals surface area contributed by atoms with E-state index in [0.29, 0.717) is 0 Å². The van der Waals surface area contributed by atoms with E-state index >= 15 is 0 Å². The molecule has 0 radical (unpaired) electrons. The van der Waals surface area contributed by atoms with Crippen LogP contribution in [0.4, 0.5) is 0 Å². The molecular weight excluding hydrogens is 294 g/mol. The van der Waals surface area contributed by atoms with Crippen molar-refractivity contribution < 1.29 is 9.53 Å². The molecule has 20 heavy (non-hydrogen) atoms. The maximum atomic E-state index is 11.7. The van der Waals surface area contributed by atoms with Gasteiger partial charge in [0.1, 0.15) is 5.54 Å². The molecule has 0 aliphatic rings. The first-order valence-corrected chi connectivity index (χ1v) is 8.15. The number of carbonyl (C=O) groups excluding carboxylic acids is 1. The van der Waals surface area contributed by atoms with Crippen LogP contribution < -0.4 is 5.32 Å².